The number of hydrogen-bond donors (Lipinski definition) is 0. The largest absolute Gasteiger partial charge is 3.00 e. The Morgan fingerprint density at radius 3 is 2.67 bits per heavy atom. The first-order chi connectivity index (χ1) is 4.84. The van der Waals surface area contributed by atoms with Crippen LogP contribution in [0.25, 0.3) is 0 Å². The Kier molecular flexibility index (Phi) is 9.23. The van der Waals surface area contributed by atoms with Gasteiger partial charge in [-0.3, -0.25) is 0 Å². The molecular formula is C10H12OY+. The Morgan fingerprint density at radius 2 is 2.25 bits per heavy atom. The third-order valence-electron chi connectivity index (χ3n) is 1.46. The minimum Gasteiger partial charge on any atom is -0.358 e. The predicted molar refractivity (Wildman–Crippen MR) is 46.2 cm³/mol. The molecule has 0 heterocycles. The van der Waals surface area contributed by atoms with Crippen molar-refractivity contribution in [3.63, 3.8) is 0 Å². The predicted octanol–water partition coefficient (Wildman–Crippen LogP) is 2.24. The van der Waals surface area contributed by atoms with Crippen molar-refractivity contribution in [1.82, 2.24) is 0 Å². The van der Waals surface area contributed by atoms with Crippen molar-refractivity contribution in [1.29, 1.82) is 0 Å². The summed E-state index contributed by atoms with van der Waals surface area (Å²) in [6.07, 6.45) is 0.934. The van der Waals surface area contributed by atoms with Crippen LogP contribution in [0.5, 0.6) is 0 Å². The van der Waals surface area contributed by atoms with E-state index < -0.39 is 0 Å². The maximum Gasteiger partial charge on any atom is 3.00 e. The quantitative estimate of drug-likeness (QED) is 0.569. The van der Waals surface area contributed by atoms with Gasteiger partial charge in [-0.25, -0.2) is 0 Å². The monoisotopic (exact) mass is 237 g/mol. The van der Waals surface area contributed by atoms with Gasteiger partial charge < -0.3 is 12.2 Å². The van der Waals surface area contributed by atoms with Gasteiger partial charge in [0.1, 0.15) is 6.29 Å². The number of hydrogen-bond acceptors (Lipinski definition) is 1. The van der Waals surface area contributed by atoms with E-state index in [4.69, 9.17) is 0 Å². The zero-order valence-corrected chi connectivity index (χ0v) is 10.3. The van der Waals surface area contributed by atoms with Crippen LogP contribution < -0.4 is 0 Å². The number of carbonyl (C=O) groups excluding carboxylic acids is 1. The Labute approximate surface area is 99.4 Å². The van der Waals surface area contributed by atoms with Crippen molar-refractivity contribution < 1.29 is 37.5 Å². The summed E-state index contributed by atoms with van der Waals surface area (Å²) in [4.78, 5) is 10.3. The average Bonchev–Trinajstić information content (AvgIpc) is 2.05. The van der Waals surface area contributed by atoms with Crippen molar-refractivity contribution >= 4 is 6.29 Å². The minimum atomic E-state index is -0.00236. The standard InChI is InChI=1S/C9H9O.CH3.Y/c1-8(7-10)9-5-3-2-4-6-9;;/h2-3,5-8H,1H3;1H3;/q2*-1;+3. The van der Waals surface area contributed by atoms with Crippen LogP contribution in [0, 0.1) is 13.5 Å². The molecule has 0 saturated carbocycles. The van der Waals surface area contributed by atoms with E-state index in [2.05, 4.69) is 6.07 Å². The van der Waals surface area contributed by atoms with Crippen LogP contribution in [0.1, 0.15) is 18.4 Å². The smallest absolute Gasteiger partial charge is 0.358 e. The zero-order valence-electron chi connectivity index (χ0n) is 7.45. The van der Waals surface area contributed by atoms with Crippen LogP contribution in [0.3, 0.4) is 0 Å². The Bertz CT molecular complexity index is 208. The van der Waals surface area contributed by atoms with Gasteiger partial charge in [-0.15, -0.1) is 5.56 Å². The van der Waals surface area contributed by atoms with Crippen molar-refractivity contribution in [3.8, 4) is 0 Å². The molecule has 1 atom stereocenters. The summed E-state index contributed by atoms with van der Waals surface area (Å²) in [7, 11) is 0. The van der Waals surface area contributed by atoms with Crippen molar-refractivity contribution in [2.45, 2.75) is 12.8 Å². The molecule has 1 aromatic carbocycles. The summed E-state index contributed by atoms with van der Waals surface area (Å²) >= 11 is 0. The summed E-state index contributed by atoms with van der Waals surface area (Å²) in [5, 5.41) is 0. The number of benzene rings is 1. The first-order valence-electron chi connectivity index (χ1n) is 3.26. The number of rotatable bonds is 2. The van der Waals surface area contributed by atoms with Crippen LogP contribution >= 0.6 is 0 Å². The molecule has 0 radical (unpaired) electrons. The van der Waals surface area contributed by atoms with Crippen LogP contribution in [-0.2, 0) is 37.5 Å². The van der Waals surface area contributed by atoms with E-state index >= 15 is 0 Å². The third kappa shape index (κ3) is 4.13. The number of aldehydes is 1. The fourth-order valence-electron chi connectivity index (χ4n) is 0.769. The second-order valence-electron chi connectivity index (χ2n) is 2.26. The number of carbonyl (C=O) groups is 1. The summed E-state index contributed by atoms with van der Waals surface area (Å²) in [6.45, 7) is 1.87. The molecule has 1 rings (SSSR count). The molecule has 0 N–H and O–H groups in total. The van der Waals surface area contributed by atoms with E-state index in [1.165, 1.54) is 0 Å². The third-order valence-corrected chi connectivity index (χ3v) is 1.46. The topological polar surface area (TPSA) is 17.1 Å². The van der Waals surface area contributed by atoms with Gasteiger partial charge in [0.05, 0.1) is 0 Å². The van der Waals surface area contributed by atoms with Gasteiger partial charge in [-0.1, -0.05) is 6.92 Å². The fourth-order valence-corrected chi connectivity index (χ4v) is 0.769. The van der Waals surface area contributed by atoms with Gasteiger partial charge in [0.2, 0.25) is 0 Å². The average molecular weight is 237 g/mol. The van der Waals surface area contributed by atoms with Crippen LogP contribution in [0.4, 0.5) is 0 Å². The minimum absolute atomic E-state index is 0. The first-order valence-corrected chi connectivity index (χ1v) is 3.26. The van der Waals surface area contributed by atoms with Gasteiger partial charge in [0.15, 0.2) is 0 Å². The van der Waals surface area contributed by atoms with Gasteiger partial charge in [-0.2, -0.15) is 30.3 Å². The second-order valence-corrected chi connectivity index (χ2v) is 2.26. The summed E-state index contributed by atoms with van der Waals surface area (Å²) in [5.74, 6) is -0.00236. The van der Waals surface area contributed by atoms with Crippen molar-refractivity contribution in [2.24, 2.45) is 0 Å². The van der Waals surface area contributed by atoms with Crippen molar-refractivity contribution in [3.05, 3.63) is 43.3 Å². The molecule has 0 saturated heterocycles. The van der Waals surface area contributed by atoms with Crippen LogP contribution in [0.2, 0.25) is 0 Å². The summed E-state index contributed by atoms with van der Waals surface area (Å²) in [5.41, 5.74) is 1.03. The molecule has 0 fully saturated rings. The van der Waals surface area contributed by atoms with Crippen LogP contribution in [0.15, 0.2) is 24.3 Å². The molecule has 0 aliphatic rings. The Hall–Kier alpha value is -0.00610. The normalized spacial score (nSPS) is 10.4. The SMILES string of the molecule is CC(C=O)c1c[c-]ccc1.[CH3-].[Y+3]. The van der Waals surface area contributed by atoms with E-state index in [-0.39, 0.29) is 46.1 Å². The summed E-state index contributed by atoms with van der Waals surface area (Å²) < 4.78 is 0. The Balaban J connectivity index is 0. The molecule has 0 amide bonds. The van der Waals surface area contributed by atoms with E-state index in [9.17, 15) is 4.79 Å². The molecule has 60 valence electrons. The van der Waals surface area contributed by atoms with E-state index in [1.807, 2.05) is 31.2 Å². The van der Waals surface area contributed by atoms with Gasteiger partial charge >= 0.3 is 32.7 Å². The molecule has 0 aliphatic carbocycles. The Morgan fingerprint density at radius 1 is 1.58 bits per heavy atom. The van der Waals surface area contributed by atoms with E-state index in [0.29, 0.717) is 0 Å². The molecule has 0 bridgehead atoms. The van der Waals surface area contributed by atoms with E-state index in [0.717, 1.165) is 11.8 Å². The maximum atomic E-state index is 10.3. The summed E-state index contributed by atoms with van der Waals surface area (Å²) in [6, 6.07) is 10.4. The molecule has 0 spiro atoms. The van der Waals surface area contributed by atoms with Crippen molar-refractivity contribution in [2.75, 3.05) is 0 Å². The molecule has 1 aromatic rings. The van der Waals surface area contributed by atoms with Gasteiger partial charge in [0, 0.05) is 0 Å². The molecule has 1 nitrogen and oxygen atoms in total. The zero-order chi connectivity index (χ0) is 7.40. The van der Waals surface area contributed by atoms with Crippen LogP contribution in [-0.4, -0.2) is 6.29 Å². The van der Waals surface area contributed by atoms with Gasteiger partial charge in [0.25, 0.3) is 0 Å². The molecule has 12 heavy (non-hydrogen) atoms. The molecule has 0 aromatic heterocycles. The molecule has 2 heteroatoms. The van der Waals surface area contributed by atoms with Gasteiger partial charge in [-0.05, 0) is 5.92 Å². The maximum absolute atomic E-state index is 10.3. The molecule has 1 unspecified atom stereocenters. The fraction of sp³-hybridized carbons (Fsp3) is 0.200. The molecular weight excluding hydrogens is 225 g/mol. The second kappa shape index (κ2) is 7.63. The molecule has 0 aliphatic heterocycles. The van der Waals surface area contributed by atoms with E-state index in [1.54, 1.807) is 0 Å². The first kappa shape index (κ1) is 14.5.